The van der Waals surface area contributed by atoms with Gasteiger partial charge in [-0.15, -0.1) is 0 Å². The van der Waals surface area contributed by atoms with Gasteiger partial charge in [-0.2, -0.15) is 4.98 Å². The molecule has 0 fully saturated rings. The van der Waals surface area contributed by atoms with Gasteiger partial charge in [0, 0.05) is 18.1 Å². The Balaban J connectivity index is 1.55. The molecule has 2 N–H and O–H groups in total. The molecule has 3 aromatic rings. The van der Waals surface area contributed by atoms with Gasteiger partial charge in [-0.3, -0.25) is 5.32 Å². The molecule has 1 unspecified atom stereocenters. The number of nitrogens with one attached hydrogen (secondary N) is 1. The van der Waals surface area contributed by atoms with Gasteiger partial charge in [0.1, 0.15) is 12.4 Å². The molecule has 0 amide bonds. The lowest BCUT2D eigenvalue weighted by Crippen LogP contribution is -2.27. The second-order valence-corrected chi connectivity index (χ2v) is 5.62. The normalized spacial score (nSPS) is 17.5. The zero-order chi connectivity index (χ0) is 16.7. The number of fused-ring (bicyclic) bond motifs is 1. The second-order valence-electron chi connectivity index (χ2n) is 5.62. The smallest absolute Gasteiger partial charge is 0.223 e. The standard InChI is InChI=1S/C16H16N4O4/c1-8-14(23-7-17-8)16(21)19-12-6-22-13-5-10(3-4-11(12)13)15-18-9(2)24-20-15/h3-5,7,12,16,19,21H,6H2,1-2H3/t12-,16?/m1/s1. The summed E-state index contributed by atoms with van der Waals surface area (Å²) in [5, 5.41) is 17.3. The Bertz CT molecular complexity index is 873. The number of aliphatic hydroxyl groups is 1. The number of hydrogen-bond donors (Lipinski definition) is 2. The SMILES string of the molecule is Cc1nc(-c2ccc3c(c2)OC[C@H]3NC(O)c2ocnc2C)no1. The molecule has 1 aliphatic rings. The van der Waals surface area contributed by atoms with Crippen molar-refractivity contribution in [3.63, 3.8) is 0 Å². The highest BCUT2D eigenvalue weighted by Crippen LogP contribution is 2.36. The van der Waals surface area contributed by atoms with Gasteiger partial charge in [0.2, 0.25) is 11.7 Å². The van der Waals surface area contributed by atoms with Gasteiger partial charge >= 0.3 is 0 Å². The van der Waals surface area contributed by atoms with E-state index in [4.69, 9.17) is 13.7 Å². The van der Waals surface area contributed by atoms with Crippen molar-refractivity contribution in [3.8, 4) is 17.1 Å². The van der Waals surface area contributed by atoms with E-state index in [-0.39, 0.29) is 6.04 Å². The fraction of sp³-hybridized carbons (Fsp3) is 0.312. The number of hydrogen-bond acceptors (Lipinski definition) is 8. The summed E-state index contributed by atoms with van der Waals surface area (Å²) in [4.78, 5) is 8.19. The van der Waals surface area contributed by atoms with Gasteiger partial charge in [-0.1, -0.05) is 17.3 Å². The van der Waals surface area contributed by atoms with Gasteiger partial charge in [0.05, 0.1) is 11.7 Å². The van der Waals surface area contributed by atoms with E-state index in [0.717, 1.165) is 16.9 Å². The second kappa shape index (κ2) is 5.73. The summed E-state index contributed by atoms with van der Waals surface area (Å²) in [7, 11) is 0. The summed E-state index contributed by atoms with van der Waals surface area (Å²) in [6, 6.07) is 5.55. The molecule has 3 heterocycles. The highest BCUT2D eigenvalue weighted by molar-refractivity contribution is 5.60. The zero-order valence-corrected chi connectivity index (χ0v) is 13.2. The number of rotatable bonds is 4. The summed E-state index contributed by atoms with van der Waals surface area (Å²) in [5.74, 6) is 2.17. The average molecular weight is 328 g/mol. The van der Waals surface area contributed by atoms with E-state index in [2.05, 4.69) is 20.4 Å². The first-order valence-electron chi connectivity index (χ1n) is 7.53. The van der Waals surface area contributed by atoms with Crippen LogP contribution >= 0.6 is 0 Å². The Kier molecular flexibility index (Phi) is 3.55. The zero-order valence-electron chi connectivity index (χ0n) is 13.2. The molecule has 8 heteroatoms. The van der Waals surface area contributed by atoms with Gasteiger partial charge in [-0.05, 0) is 13.0 Å². The quantitative estimate of drug-likeness (QED) is 0.701. The molecule has 2 atom stereocenters. The fourth-order valence-electron chi connectivity index (χ4n) is 2.74. The van der Waals surface area contributed by atoms with E-state index in [0.29, 0.717) is 29.8 Å². The average Bonchev–Trinajstić information content (AvgIpc) is 3.27. The third-order valence-corrected chi connectivity index (χ3v) is 3.97. The molecule has 4 rings (SSSR count). The maximum Gasteiger partial charge on any atom is 0.223 e. The van der Waals surface area contributed by atoms with E-state index in [1.807, 2.05) is 18.2 Å². The van der Waals surface area contributed by atoms with Crippen LogP contribution < -0.4 is 10.1 Å². The molecule has 0 saturated heterocycles. The lowest BCUT2D eigenvalue weighted by molar-refractivity contribution is 0.0936. The number of aryl methyl sites for hydroxylation is 2. The number of oxazole rings is 1. The van der Waals surface area contributed by atoms with Crippen LogP contribution in [0.3, 0.4) is 0 Å². The molecule has 2 aromatic heterocycles. The van der Waals surface area contributed by atoms with Crippen LogP contribution in [0.2, 0.25) is 0 Å². The topological polar surface area (TPSA) is 106 Å². The number of benzene rings is 1. The first-order valence-corrected chi connectivity index (χ1v) is 7.53. The summed E-state index contributed by atoms with van der Waals surface area (Å²) < 4.78 is 15.9. The maximum absolute atomic E-state index is 10.3. The lowest BCUT2D eigenvalue weighted by atomic mass is 10.1. The largest absolute Gasteiger partial charge is 0.491 e. The molecule has 1 aromatic carbocycles. The van der Waals surface area contributed by atoms with Gasteiger partial charge in [0.25, 0.3) is 0 Å². The molecular weight excluding hydrogens is 312 g/mol. The third kappa shape index (κ3) is 2.55. The minimum Gasteiger partial charge on any atom is -0.491 e. The molecule has 0 bridgehead atoms. The van der Waals surface area contributed by atoms with Crippen LogP contribution in [0, 0.1) is 13.8 Å². The molecule has 8 nitrogen and oxygen atoms in total. The number of ether oxygens (including phenoxy) is 1. The first kappa shape index (κ1) is 14.9. The molecule has 0 aliphatic carbocycles. The van der Waals surface area contributed by atoms with Gasteiger partial charge < -0.3 is 18.8 Å². The van der Waals surface area contributed by atoms with Crippen molar-refractivity contribution < 1.29 is 18.8 Å². The van der Waals surface area contributed by atoms with Crippen molar-refractivity contribution in [1.29, 1.82) is 0 Å². The molecule has 0 spiro atoms. The minimum absolute atomic E-state index is 0.152. The number of aromatic nitrogens is 3. The summed E-state index contributed by atoms with van der Waals surface area (Å²) >= 11 is 0. The highest BCUT2D eigenvalue weighted by atomic mass is 16.5. The van der Waals surface area contributed by atoms with Crippen LogP contribution in [0.25, 0.3) is 11.4 Å². The van der Waals surface area contributed by atoms with Crippen LogP contribution in [0.1, 0.15) is 35.2 Å². The van der Waals surface area contributed by atoms with Crippen molar-refractivity contribution in [3.05, 3.63) is 47.5 Å². The molecule has 124 valence electrons. The monoisotopic (exact) mass is 328 g/mol. The maximum atomic E-state index is 10.3. The fourth-order valence-corrected chi connectivity index (χ4v) is 2.74. The number of nitrogens with zero attached hydrogens (tertiary/aromatic N) is 3. The van der Waals surface area contributed by atoms with Crippen LogP contribution in [-0.4, -0.2) is 26.8 Å². The molecular formula is C16H16N4O4. The van der Waals surface area contributed by atoms with Crippen molar-refractivity contribution >= 4 is 0 Å². The van der Waals surface area contributed by atoms with Gasteiger partial charge in [-0.25, -0.2) is 4.98 Å². The van der Waals surface area contributed by atoms with Crippen LogP contribution in [0.5, 0.6) is 5.75 Å². The summed E-state index contributed by atoms with van der Waals surface area (Å²) in [6.07, 6.45) is 0.361. The van der Waals surface area contributed by atoms with Crippen molar-refractivity contribution in [2.45, 2.75) is 26.1 Å². The molecule has 1 aliphatic heterocycles. The minimum atomic E-state index is -0.952. The van der Waals surface area contributed by atoms with E-state index in [9.17, 15) is 5.11 Å². The lowest BCUT2D eigenvalue weighted by Gasteiger charge is -2.16. The molecule has 0 radical (unpaired) electrons. The van der Waals surface area contributed by atoms with E-state index in [1.54, 1.807) is 13.8 Å². The van der Waals surface area contributed by atoms with Crippen molar-refractivity contribution in [1.82, 2.24) is 20.4 Å². The van der Waals surface area contributed by atoms with E-state index < -0.39 is 6.23 Å². The Morgan fingerprint density at radius 2 is 2.21 bits per heavy atom. The Morgan fingerprint density at radius 3 is 2.92 bits per heavy atom. The highest BCUT2D eigenvalue weighted by Gasteiger charge is 2.28. The molecule has 0 saturated carbocycles. The van der Waals surface area contributed by atoms with Crippen molar-refractivity contribution in [2.24, 2.45) is 0 Å². The van der Waals surface area contributed by atoms with Crippen LogP contribution in [0.15, 0.2) is 33.5 Å². The van der Waals surface area contributed by atoms with Crippen molar-refractivity contribution in [2.75, 3.05) is 6.61 Å². The number of aliphatic hydroxyl groups excluding tert-OH is 1. The molecule has 24 heavy (non-hydrogen) atoms. The van der Waals surface area contributed by atoms with Crippen LogP contribution in [0.4, 0.5) is 0 Å². The Morgan fingerprint density at radius 1 is 1.33 bits per heavy atom. The summed E-state index contributed by atoms with van der Waals surface area (Å²) in [6.45, 7) is 3.93. The predicted octanol–water partition coefficient (Wildman–Crippen LogP) is 2.06. The summed E-state index contributed by atoms with van der Waals surface area (Å²) in [5.41, 5.74) is 2.42. The van der Waals surface area contributed by atoms with Crippen LogP contribution in [-0.2, 0) is 0 Å². The third-order valence-electron chi connectivity index (χ3n) is 3.97. The first-order chi connectivity index (χ1) is 11.6. The Labute approximate surface area is 137 Å². The van der Waals surface area contributed by atoms with E-state index >= 15 is 0 Å². The Hall–Kier alpha value is -2.71. The van der Waals surface area contributed by atoms with E-state index in [1.165, 1.54) is 6.39 Å². The van der Waals surface area contributed by atoms with Gasteiger partial charge in [0.15, 0.2) is 18.4 Å². The predicted molar refractivity (Wildman–Crippen MR) is 82.0 cm³/mol.